The molecule has 0 unspecified atom stereocenters. The predicted molar refractivity (Wildman–Crippen MR) is 156 cm³/mol. The number of rotatable bonds is 6. The lowest BCUT2D eigenvalue weighted by Crippen LogP contribution is -2.41. The molecular formula is C29H32Br2N2O2S. The fraction of sp³-hybridized carbons (Fsp3) is 0.448. The number of thioether (sulfide) groups is 1. The maximum atomic E-state index is 13.6. The average molecular weight is 632 g/mol. The minimum absolute atomic E-state index is 0.127. The fourth-order valence-electron chi connectivity index (χ4n) is 5.22. The van der Waals surface area contributed by atoms with Crippen molar-refractivity contribution in [2.75, 3.05) is 0 Å². The summed E-state index contributed by atoms with van der Waals surface area (Å²) >= 11 is 8.64. The van der Waals surface area contributed by atoms with Gasteiger partial charge >= 0.3 is 0 Å². The predicted octanol–water partition coefficient (Wildman–Crippen LogP) is 8.73. The van der Waals surface area contributed by atoms with Gasteiger partial charge in [0.25, 0.3) is 5.91 Å². The van der Waals surface area contributed by atoms with Crippen LogP contribution >= 0.6 is 43.6 Å². The smallest absolute Gasteiger partial charge is 0.266 e. The topological polar surface area (TPSA) is 41.9 Å². The van der Waals surface area contributed by atoms with Crippen molar-refractivity contribution >= 4 is 60.8 Å². The Morgan fingerprint density at radius 2 is 1.64 bits per heavy atom. The molecule has 190 valence electrons. The first-order valence-electron chi connectivity index (χ1n) is 13.0. The molecule has 7 heteroatoms. The van der Waals surface area contributed by atoms with E-state index in [4.69, 9.17) is 9.73 Å². The molecule has 2 aromatic carbocycles. The number of halogens is 2. The number of hydrogen-bond acceptors (Lipinski definition) is 4. The Morgan fingerprint density at radius 1 is 0.944 bits per heavy atom. The molecule has 3 aliphatic rings. The molecule has 1 aliphatic heterocycles. The molecule has 5 rings (SSSR count). The number of hydrogen-bond donors (Lipinski definition) is 0. The molecule has 3 fully saturated rings. The third-order valence-corrected chi connectivity index (χ3v) is 9.46. The highest BCUT2D eigenvalue weighted by Crippen LogP contribution is 2.38. The van der Waals surface area contributed by atoms with Gasteiger partial charge in [-0.3, -0.25) is 14.7 Å². The Kier molecular flexibility index (Phi) is 8.91. The summed E-state index contributed by atoms with van der Waals surface area (Å²) in [5.74, 6) is 0.933. The van der Waals surface area contributed by atoms with E-state index in [1.807, 2.05) is 53.4 Å². The summed E-state index contributed by atoms with van der Waals surface area (Å²) in [5.41, 5.74) is 2.09. The third kappa shape index (κ3) is 6.46. The molecule has 2 saturated carbocycles. The van der Waals surface area contributed by atoms with Gasteiger partial charge in [-0.05, 0) is 73.4 Å². The molecular weight excluding hydrogens is 600 g/mol. The van der Waals surface area contributed by atoms with Gasteiger partial charge in [-0.2, -0.15) is 0 Å². The normalized spacial score (nSPS) is 22.1. The molecule has 1 saturated heterocycles. The molecule has 1 heterocycles. The number of nitrogens with zero attached hydrogens (tertiary/aromatic N) is 2. The average Bonchev–Trinajstić information content (AvgIpc) is 3.19. The van der Waals surface area contributed by atoms with Crippen LogP contribution < -0.4 is 4.74 Å². The van der Waals surface area contributed by atoms with Crippen LogP contribution in [0.25, 0.3) is 6.08 Å². The highest BCUT2D eigenvalue weighted by molar-refractivity contribution is 9.11. The van der Waals surface area contributed by atoms with E-state index >= 15 is 0 Å². The van der Waals surface area contributed by atoms with Gasteiger partial charge in [0.2, 0.25) is 0 Å². The molecule has 0 aromatic heterocycles. The zero-order chi connectivity index (χ0) is 24.9. The summed E-state index contributed by atoms with van der Waals surface area (Å²) in [4.78, 5) is 21.5. The fourth-order valence-corrected chi connectivity index (χ4v) is 7.49. The molecule has 4 nitrogen and oxygen atoms in total. The highest BCUT2D eigenvalue weighted by atomic mass is 79.9. The van der Waals surface area contributed by atoms with Crippen LogP contribution in [0, 0.1) is 0 Å². The van der Waals surface area contributed by atoms with E-state index < -0.39 is 0 Å². The summed E-state index contributed by atoms with van der Waals surface area (Å²) in [6.45, 7) is 0.486. The largest absolute Gasteiger partial charge is 0.489 e. The van der Waals surface area contributed by atoms with E-state index in [9.17, 15) is 4.79 Å². The molecule has 2 aromatic rings. The van der Waals surface area contributed by atoms with Gasteiger partial charge in [-0.25, -0.2) is 0 Å². The Hall–Kier alpha value is -1.57. The molecule has 0 atom stereocenters. The van der Waals surface area contributed by atoms with Crippen molar-refractivity contribution in [3.05, 3.63) is 67.4 Å². The Bertz CT molecular complexity index is 1140. The number of carbonyl (C=O) groups excluding carboxylic acids is 1. The molecule has 0 spiro atoms. The van der Waals surface area contributed by atoms with Crippen molar-refractivity contribution < 1.29 is 9.53 Å². The second-order valence-corrected chi connectivity index (χ2v) is 12.7. The molecule has 1 amide bonds. The number of carbonyl (C=O) groups is 1. The van der Waals surface area contributed by atoms with Gasteiger partial charge in [0.05, 0.1) is 10.9 Å². The van der Waals surface area contributed by atoms with E-state index in [1.165, 1.54) is 38.5 Å². The summed E-state index contributed by atoms with van der Waals surface area (Å²) in [7, 11) is 0. The van der Waals surface area contributed by atoms with Crippen LogP contribution in [0.3, 0.4) is 0 Å². The molecule has 2 aliphatic carbocycles. The first kappa shape index (κ1) is 26.1. The van der Waals surface area contributed by atoms with Crippen molar-refractivity contribution in [3.8, 4) is 5.75 Å². The summed E-state index contributed by atoms with van der Waals surface area (Å²) in [6.07, 6.45) is 14.0. The van der Waals surface area contributed by atoms with E-state index in [2.05, 4.69) is 31.9 Å². The SMILES string of the molecule is O=C1/C(=C/c2ccc(OCc3ccc(Br)cc3Br)cc2)SC(=NC2CCCCC2)N1C1CCCCC1. The van der Waals surface area contributed by atoms with Crippen LogP contribution in [0.1, 0.15) is 75.3 Å². The zero-order valence-corrected chi connectivity index (χ0v) is 24.4. The van der Waals surface area contributed by atoms with Crippen LogP contribution in [0.4, 0.5) is 0 Å². The summed E-state index contributed by atoms with van der Waals surface area (Å²) < 4.78 is 8.04. The van der Waals surface area contributed by atoms with Gasteiger partial charge in [-0.15, -0.1) is 0 Å². The van der Waals surface area contributed by atoms with Crippen molar-refractivity contribution in [3.63, 3.8) is 0 Å². The van der Waals surface area contributed by atoms with Gasteiger partial charge in [0, 0.05) is 20.6 Å². The van der Waals surface area contributed by atoms with E-state index in [-0.39, 0.29) is 5.91 Å². The van der Waals surface area contributed by atoms with Crippen LogP contribution in [0.5, 0.6) is 5.75 Å². The quantitative estimate of drug-likeness (QED) is 0.299. The lowest BCUT2D eigenvalue weighted by molar-refractivity contribution is -0.124. The van der Waals surface area contributed by atoms with Crippen molar-refractivity contribution in [2.24, 2.45) is 4.99 Å². The van der Waals surface area contributed by atoms with Crippen LogP contribution in [-0.2, 0) is 11.4 Å². The maximum absolute atomic E-state index is 13.6. The number of aliphatic imine (C=N–C) groups is 1. The third-order valence-electron chi connectivity index (χ3n) is 7.23. The van der Waals surface area contributed by atoms with E-state index in [1.54, 1.807) is 11.8 Å². The number of benzene rings is 2. The Morgan fingerprint density at radius 3 is 2.33 bits per heavy atom. The Balaban J connectivity index is 1.30. The lowest BCUT2D eigenvalue weighted by Gasteiger charge is -2.31. The number of amides is 1. The second-order valence-electron chi connectivity index (χ2n) is 9.87. The standard InChI is InChI=1S/C29H32Br2N2O2S/c30-22-14-13-21(26(31)18-22)19-35-25-15-11-20(12-16-25)17-27-28(34)33(24-9-5-2-6-10-24)29(36-27)32-23-7-3-1-4-8-23/h11-18,23-24H,1-10,19H2/b27-17-,32-29?. The first-order chi connectivity index (χ1) is 17.6. The summed E-state index contributed by atoms with van der Waals surface area (Å²) in [6, 6.07) is 14.7. The molecule has 0 radical (unpaired) electrons. The monoisotopic (exact) mass is 630 g/mol. The minimum atomic E-state index is 0.127. The highest BCUT2D eigenvalue weighted by Gasteiger charge is 2.39. The van der Waals surface area contributed by atoms with Crippen LogP contribution in [0.2, 0.25) is 0 Å². The first-order valence-corrected chi connectivity index (χ1v) is 15.4. The van der Waals surface area contributed by atoms with Crippen LogP contribution in [-0.4, -0.2) is 28.1 Å². The van der Waals surface area contributed by atoms with Gasteiger partial charge in [0.15, 0.2) is 5.17 Å². The van der Waals surface area contributed by atoms with Gasteiger partial charge in [0.1, 0.15) is 12.4 Å². The zero-order valence-electron chi connectivity index (χ0n) is 20.4. The maximum Gasteiger partial charge on any atom is 0.266 e. The Labute approximate surface area is 235 Å². The number of ether oxygens (including phenoxy) is 1. The molecule has 0 N–H and O–H groups in total. The van der Waals surface area contributed by atoms with Crippen LogP contribution in [0.15, 0.2) is 61.3 Å². The second kappa shape index (κ2) is 12.3. The van der Waals surface area contributed by atoms with E-state index in [0.717, 1.165) is 61.6 Å². The molecule has 36 heavy (non-hydrogen) atoms. The lowest BCUT2D eigenvalue weighted by atomic mass is 9.94. The molecule has 0 bridgehead atoms. The van der Waals surface area contributed by atoms with Crippen molar-refractivity contribution in [1.82, 2.24) is 4.90 Å². The summed E-state index contributed by atoms with van der Waals surface area (Å²) in [5, 5.41) is 0.935. The number of amidine groups is 1. The van der Waals surface area contributed by atoms with E-state index in [0.29, 0.717) is 18.7 Å². The minimum Gasteiger partial charge on any atom is -0.489 e. The van der Waals surface area contributed by atoms with Gasteiger partial charge in [-0.1, -0.05) is 88.6 Å². The van der Waals surface area contributed by atoms with Gasteiger partial charge < -0.3 is 4.74 Å². The van der Waals surface area contributed by atoms with Crippen molar-refractivity contribution in [2.45, 2.75) is 82.9 Å². The van der Waals surface area contributed by atoms with Crippen molar-refractivity contribution in [1.29, 1.82) is 0 Å².